The van der Waals surface area contributed by atoms with Crippen LogP contribution in [0.5, 0.6) is 0 Å². The highest BCUT2D eigenvalue weighted by molar-refractivity contribution is 4.85. The number of nitrogens with two attached hydrogens (primary N) is 1. The van der Waals surface area contributed by atoms with E-state index in [-0.39, 0.29) is 0 Å². The SMILES string of the molecule is CC(C(N)C1CCOCC1)C(C)(C)C. The minimum absolute atomic E-state index is 0.317. The quantitative estimate of drug-likeness (QED) is 0.741. The summed E-state index contributed by atoms with van der Waals surface area (Å²) >= 11 is 0. The third kappa shape index (κ3) is 2.96. The van der Waals surface area contributed by atoms with Crippen molar-refractivity contribution in [3.8, 4) is 0 Å². The van der Waals surface area contributed by atoms with Crippen LogP contribution in [0.3, 0.4) is 0 Å². The van der Waals surface area contributed by atoms with Crippen molar-refractivity contribution < 1.29 is 4.74 Å². The molecule has 2 atom stereocenters. The Bertz CT molecular complexity index is 168. The van der Waals surface area contributed by atoms with Crippen LogP contribution in [-0.2, 0) is 4.74 Å². The molecule has 14 heavy (non-hydrogen) atoms. The summed E-state index contributed by atoms with van der Waals surface area (Å²) in [5.74, 6) is 1.24. The molecule has 0 aliphatic carbocycles. The van der Waals surface area contributed by atoms with Crippen molar-refractivity contribution in [2.24, 2.45) is 23.0 Å². The fourth-order valence-corrected chi connectivity index (χ4v) is 2.09. The van der Waals surface area contributed by atoms with Crippen LogP contribution in [-0.4, -0.2) is 19.3 Å². The van der Waals surface area contributed by atoms with Crippen LogP contribution in [0, 0.1) is 17.3 Å². The zero-order chi connectivity index (χ0) is 10.8. The highest BCUT2D eigenvalue weighted by Gasteiger charge is 2.31. The standard InChI is InChI=1S/C12H25NO/c1-9(12(2,3)4)11(13)10-5-7-14-8-6-10/h9-11H,5-8,13H2,1-4H3. The average molecular weight is 199 g/mol. The third-order valence-electron chi connectivity index (χ3n) is 3.75. The Kier molecular flexibility index (Phi) is 3.96. The summed E-state index contributed by atoms with van der Waals surface area (Å²) in [6.45, 7) is 10.9. The molecular weight excluding hydrogens is 174 g/mol. The molecule has 0 radical (unpaired) electrons. The van der Waals surface area contributed by atoms with Gasteiger partial charge in [0.15, 0.2) is 0 Å². The third-order valence-corrected chi connectivity index (χ3v) is 3.75. The van der Waals surface area contributed by atoms with Crippen LogP contribution in [0.4, 0.5) is 0 Å². The van der Waals surface area contributed by atoms with E-state index in [0.717, 1.165) is 26.1 Å². The highest BCUT2D eigenvalue weighted by atomic mass is 16.5. The Balaban J connectivity index is 2.50. The lowest BCUT2D eigenvalue weighted by atomic mass is 9.72. The van der Waals surface area contributed by atoms with Gasteiger partial charge in [0.2, 0.25) is 0 Å². The largest absolute Gasteiger partial charge is 0.381 e. The normalized spacial score (nSPS) is 24.6. The minimum Gasteiger partial charge on any atom is -0.381 e. The molecule has 1 heterocycles. The van der Waals surface area contributed by atoms with Gasteiger partial charge < -0.3 is 10.5 Å². The van der Waals surface area contributed by atoms with E-state index in [4.69, 9.17) is 10.5 Å². The van der Waals surface area contributed by atoms with Gasteiger partial charge in [-0.25, -0.2) is 0 Å². The maximum atomic E-state index is 6.32. The monoisotopic (exact) mass is 199 g/mol. The van der Waals surface area contributed by atoms with Crippen LogP contribution < -0.4 is 5.73 Å². The molecule has 0 bridgehead atoms. The molecule has 1 rings (SSSR count). The zero-order valence-corrected chi connectivity index (χ0v) is 10.0. The van der Waals surface area contributed by atoms with Gasteiger partial charge in [-0.15, -0.1) is 0 Å². The molecule has 0 aromatic heterocycles. The summed E-state index contributed by atoms with van der Waals surface area (Å²) in [5.41, 5.74) is 6.64. The molecule has 0 spiro atoms. The molecular formula is C12H25NO. The molecule has 0 aromatic carbocycles. The first-order valence-electron chi connectivity index (χ1n) is 5.76. The molecule has 2 heteroatoms. The van der Waals surface area contributed by atoms with Crippen LogP contribution in [0.15, 0.2) is 0 Å². The van der Waals surface area contributed by atoms with Crippen molar-refractivity contribution in [3.63, 3.8) is 0 Å². The highest BCUT2D eigenvalue weighted by Crippen LogP contribution is 2.32. The van der Waals surface area contributed by atoms with Crippen LogP contribution in [0.25, 0.3) is 0 Å². The average Bonchev–Trinajstić information content (AvgIpc) is 2.15. The molecule has 1 aliphatic heterocycles. The van der Waals surface area contributed by atoms with E-state index >= 15 is 0 Å². The number of rotatable bonds is 2. The smallest absolute Gasteiger partial charge is 0.0469 e. The van der Waals surface area contributed by atoms with E-state index in [2.05, 4.69) is 27.7 Å². The molecule has 0 aromatic rings. The zero-order valence-electron chi connectivity index (χ0n) is 10.0. The van der Waals surface area contributed by atoms with E-state index in [0.29, 0.717) is 23.3 Å². The van der Waals surface area contributed by atoms with Gasteiger partial charge in [-0.05, 0) is 30.1 Å². The Hall–Kier alpha value is -0.0800. The van der Waals surface area contributed by atoms with Crippen molar-refractivity contribution in [1.82, 2.24) is 0 Å². The van der Waals surface area contributed by atoms with Crippen LogP contribution in [0.1, 0.15) is 40.5 Å². The summed E-state index contributed by atoms with van der Waals surface area (Å²) in [7, 11) is 0. The first kappa shape index (κ1) is 12.0. The molecule has 2 unspecified atom stereocenters. The molecule has 1 fully saturated rings. The Labute approximate surface area is 88.2 Å². The predicted molar refractivity (Wildman–Crippen MR) is 60.1 cm³/mol. The van der Waals surface area contributed by atoms with E-state index in [1.165, 1.54) is 0 Å². The fourth-order valence-electron chi connectivity index (χ4n) is 2.09. The molecule has 2 N–H and O–H groups in total. The van der Waals surface area contributed by atoms with Crippen molar-refractivity contribution >= 4 is 0 Å². The molecule has 84 valence electrons. The summed E-state index contributed by atoms with van der Waals surface area (Å²) in [6, 6.07) is 0.332. The van der Waals surface area contributed by atoms with Crippen molar-refractivity contribution in [2.45, 2.75) is 46.6 Å². The molecule has 0 amide bonds. The lowest BCUT2D eigenvalue weighted by molar-refractivity contribution is 0.0417. The van der Waals surface area contributed by atoms with Gasteiger partial charge in [-0.1, -0.05) is 27.7 Å². The number of hydrogen-bond acceptors (Lipinski definition) is 2. The number of hydrogen-bond donors (Lipinski definition) is 1. The topological polar surface area (TPSA) is 35.2 Å². The Morgan fingerprint density at radius 2 is 1.71 bits per heavy atom. The van der Waals surface area contributed by atoms with Gasteiger partial charge >= 0.3 is 0 Å². The van der Waals surface area contributed by atoms with Crippen molar-refractivity contribution in [3.05, 3.63) is 0 Å². The van der Waals surface area contributed by atoms with Gasteiger partial charge in [-0.3, -0.25) is 0 Å². The summed E-state index contributed by atoms with van der Waals surface area (Å²) in [5, 5.41) is 0. The second kappa shape index (κ2) is 4.63. The summed E-state index contributed by atoms with van der Waals surface area (Å²) in [4.78, 5) is 0. The summed E-state index contributed by atoms with van der Waals surface area (Å²) < 4.78 is 5.36. The van der Waals surface area contributed by atoms with Gasteiger partial charge in [0.25, 0.3) is 0 Å². The molecule has 0 saturated carbocycles. The lowest BCUT2D eigenvalue weighted by Gasteiger charge is -2.38. The molecule has 1 saturated heterocycles. The van der Waals surface area contributed by atoms with Gasteiger partial charge in [0, 0.05) is 19.3 Å². The van der Waals surface area contributed by atoms with E-state index in [1.807, 2.05) is 0 Å². The first-order valence-corrected chi connectivity index (χ1v) is 5.76. The fraction of sp³-hybridized carbons (Fsp3) is 1.00. The van der Waals surface area contributed by atoms with Gasteiger partial charge in [-0.2, -0.15) is 0 Å². The van der Waals surface area contributed by atoms with Gasteiger partial charge in [0.05, 0.1) is 0 Å². The number of ether oxygens (including phenoxy) is 1. The minimum atomic E-state index is 0.317. The maximum absolute atomic E-state index is 6.32. The van der Waals surface area contributed by atoms with E-state index < -0.39 is 0 Å². The Morgan fingerprint density at radius 1 is 1.21 bits per heavy atom. The summed E-state index contributed by atoms with van der Waals surface area (Å²) in [6.07, 6.45) is 2.28. The first-order chi connectivity index (χ1) is 6.43. The van der Waals surface area contributed by atoms with E-state index in [9.17, 15) is 0 Å². The Morgan fingerprint density at radius 3 is 2.14 bits per heavy atom. The van der Waals surface area contributed by atoms with Crippen molar-refractivity contribution in [2.75, 3.05) is 13.2 Å². The second-order valence-electron chi connectivity index (χ2n) is 5.68. The van der Waals surface area contributed by atoms with Crippen LogP contribution >= 0.6 is 0 Å². The lowest BCUT2D eigenvalue weighted by Crippen LogP contribution is -2.44. The molecule has 2 nitrogen and oxygen atoms in total. The van der Waals surface area contributed by atoms with E-state index in [1.54, 1.807) is 0 Å². The maximum Gasteiger partial charge on any atom is 0.0469 e. The second-order valence-corrected chi connectivity index (χ2v) is 5.68. The van der Waals surface area contributed by atoms with Crippen LogP contribution in [0.2, 0.25) is 0 Å². The van der Waals surface area contributed by atoms with Gasteiger partial charge in [0.1, 0.15) is 0 Å². The molecule has 1 aliphatic rings. The van der Waals surface area contributed by atoms with Crippen molar-refractivity contribution in [1.29, 1.82) is 0 Å². The predicted octanol–water partition coefficient (Wildman–Crippen LogP) is 2.42.